The molecule has 0 aromatic carbocycles. The Kier molecular flexibility index (Phi) is 8.06. The van der Waals surface area contributed by atoms with Crippen molar-refractivity contribution in [3.8, 4) is 0 Å². The fraction of sp³-hybridized carbons (Fsp3) is 0.923. The lowest BCUT2D eigenvalue weighted by atomic mass is 9.99. The van der Waals surface area contributed by atoms with Crippen molar-refractivity contribution in [2.45, 2.75) is 38.6 Å². The van der Waals surface area contributed by atoms with Crippen LogP contribution in [0.25, 0.3) is 0 Å². The van der Waals surface area contributed by atoms with E-state index in [0.29, 0.717) is 26.2 Å². The molecule has 0 spiro atoms. The van der Waals surface area contributed by atoms with E-state index in [4.69, 9.17) is 0 Å². The summed E-state index contributed by atoms with van der Waals surface area (Å²) in [6.07, 6.45) is 3.72. The van der Waals surface area contributed by atoms with E-state index in [1.165, 1.54) is 4.31 Å². The van der Waals surface area contributed by atoms with Gasteiger partial charge in [-0.1, -0.05) is 6.92 Å². The minimum Gasteiger partial charge on any atom is -0.354 e. The number of nitrogens with one attached hydrogen (secondary N) is 3. The second kappa shape index (κ2) is 9.02. The summed E-state index contributed by atoms with van der Waals surface area (Å²) < 4.78 is 28.0. The van der Waals surface area contributed by atoms with Crippen LogP contribution in [0, 0.1) is 5.92 Å². The van der Waals surface area contributed by atoms with Gasteiger partial charge in [0.15, 0.2) is 0 Å². The highest BCUT2D eigenvalue weighted by molar-refractivity contribution is 7.87. The Labute approximate surface area is 139 Å². The molecule has 0 aliphatic carbocycles. The maximum absolute atomic E-state index is 12.0. The van der Waals surface area contributed by atoms with Crippen LogP contribution >= 0.6 is 12.4 Å². The van der Waals surface area contributed by atoms with Crippen LogP contribution in [0.1, 0.15) is 32.6 Å². The standard InChI is InChI=1S/C13H26N4O3S.ClH/c1-2-16-21(19,20)17-8-4-5-11(10-17)9-15-13(18)12-6-3-7-14-12;/h11-12,14,16H,2-10H2,1H3,(H,15,18);1H. The molecule has 9 heteroatoms. The van der Waals surface area contributed by atoms with Crippen molar-refractivity contribution in [1.82, 2.24) is 19.7 Å². The van der Waals surface area contributed by atoms with Gasteiger partial charge in [-0.15, -0.1) is 12.4 Å². The molecule has 0 radical (unpaired) electrons. The molecular weight excluding hydrogens is 328 g/mol. The third-order valence-electron chi connectivity index (χ3n) is 4.09. The number of piperidine rings is 1. The first-order valence-corrected chi connectivity index (χ1v) is 9.22. The molecule has 22 heavy (non-hydrogen) atoms. The van der Waals surface area contributed by atoms with Gasteiger partial charge in [-0.05, 0) is 38.1 Å². The van der Waals surface area contributed by atoms with Gasteiger partial charge < -0.3 is 10.6 Å². The Balaban J connectivity index is 0.00000242. The van der Waals surface area contributed by atoms with Crippen molar-refractivity contribution >= 4 is 28.5 Å². The van der Waals surface area contributed by atoms with Gasteiger partial charge in [0.05, 0.1) is 6.04 Å². The van der Waals surface area contributed by atoms with Crippen LogP contribution in [0.5, 0.6) is 0 Å². The maximum Gasteiger partial charge on any atom is 0.279 e. The van der Waals surface area contributed by atoms with E-state index >= 15 is 0 Å². The number of rotatable bonds is 6. The third kappa shape index (κ3) is 5.34. The zero-order valence-electron chi connectivity index (χ0n) is 13.0. The van der Waals surface area contributed by atoms with Gasteiger partial charge >= 0.3 is 0 Å². The normalized spacial score (nSPS) is 26.4. The summed E-state index contributed by atoms with van der Waals surface area (Å²) in [4.78, 5) is 12.0. The number of carbonyl (C=O) groups excluding carboxylic acids is 1. The van der Waals surface area contributed by atoms with E-state index < -0.39 is 10.2 Å². The molecule has 130 valence electrons. The highest BCUT2D eigenvalue weighted by Crippen LogP contribution is 2.18. The molecule has 2 atom stereocenters. The van der Waals surface area contributed by atoms with Gasteiger partial charge in [-0.25, -0.2) is 4.72 Å². The highest BCUT2D eigenvalue weighted by Gasteiger charge is 2.29. The SMILES string of the molecule is CCNS(=O)(=O)N1CCCC(CNC(=O)C2CCCN2)C1.Cl. The lowest BCUT2D eigenvalue weighted by molar-refractivity contribution is -0.123. The minimum atomic E-state index is -3.36. The first-order chi connectivity index (χ1) is 10.0. The zero-order chi connectivity index (χ0) is 15.3. The summed E-state index contributed by atoms with van der Waals surface area (Å²) in [7, 11) is -3.36. The first kappa shape index (κ1) is 19.6. The molecule has 2 saturated heterocycles. The Hall–Kier alpha value is -0.410. The largest absolute Gasteiger partial charge is 0.354 e. The van der Waals surface area contributed by atoms with Crippen molar-refractivity contribution in [1.29, 1.82) is 0 Å². The molecule has 2 aliphatic rings. The topological polar surface area (TPSA) is 90.5 Å². The van der Waals surface area contributed by atoms with Crippen molar-refractivity contribution in [2.75, 3.05) is 32.7 Å². The summed E-state index contributed by atoms with van der Waals surface area (Å²) in [5.74, 6) is 0.233. The predicted molar refractivity (Wildman–Crippen MR) is 88.2 cm³/mol. The fourth-order valence-corrected chi connectivity index (χ4v) is 4.29. The lowest BCUT2D eigenvalue weighted by Crippen LogP contribution is -2.49. The predicted octanol–water partition coefficient (Wildman–Crippen LogP) is -0.157. The van der Waals surface area contributed by atoms with Gasteiger partial charge in [-0.2, -0.15) is 12.7 Å². The number of hydrogen-bond acceptors (Lipinski definition) is 4. The summed E-state index contributed by atoms with van der Waals surface area (Å²) in [5.41, 5.74) is 0. The van der Waals surface area contributed by atoms with Gasteiger partial charge in [0.2, 0.25) is 5.91 Å². The van der Waals surface area contributed by atoms with Gasteiger partial charge in [0.1, 0.15) is 0 Å². The van der Waals surface area contributed by atoms with E-state index in [2.05, 4.69) is 15.4 Å². The van der Waals surface area contributed by atoms with Crippen LogP contribution in [-0.2, 0) is 15.0 Å². The second-order valence-corrected chi connectivity index (χ2v) is 7.52. The number of amides is 1. The molecule has 0 saturated carbocycles. The summed E-state index contributed by atoms with van der Waals surface area (Å²) >= 11 is 0. The Morgan fingerprint density at radius 2 is 2.09 bits per heavy atom. The maximum atomic E-state index is 12.0. The average molecular weight is 355 g/mol. The van der Waals surface area contributed by atoms with Gasteiger partial charge in [0, 0.05) is 26.2 Å². The smallest absolute Gasteiger partial charge is 0.279 e. The molecule has 0 bridgehead atoms. The van der Waals surface area contributed by atoms with E-state index in [-0.39, 0.29) is 30.3 Å². The molecule has 0 aromatic heterocycles. The number of hydrogen-bond donors (Lipinski definition) is 3. The molecule has 2 rings (SSSR count). The molecular formula is C13H27ClN4O3S. The fourth-order valence-electron chi connectivity index (χ4n) is 2.96. The molecule has 7 nitrogen and oxygen atoms in total. The molecule has 1 amide bonds. The molecule has 0 aromatic rings. The first-order valence-electron chi connectivity index (χ1n) is 7.78. The quantitative estimate of drug-likeness (QED) is 0.618. The van der Waals surface area contributed by atoms with Gasteiger partial charge in [0.25, 0.3) is 10.2 Å². The zero-order valence-corrected chi connectivity index (χ0v) is 14.6. The monoisotopic (exact) mass is 354 g/mol. The van der Waals surface area contributed by atoms with E-state index in [1.807, 2.05) is 0 Å². The van der Waals surface area contributed by atoms with Crippen LogP contribution in [-0.4, -0.2) is 57.4 Å². The number of halogens is 1. The average Bonchev–Trinajstić information content (AvgIpc) is 2.99. The van der Waals surface area contributed by atoms with Crippen molar-refractivity contribution in [3.05, 3.63) is 0 Å². The summed E-state index contributed by atoms with van der Waals surface area (Å²) in [6.45, 7) is 4.66. The molecule has 3 N–H and O–H groups in total. The van der Waals surface area contributed by atoms with Crippen LogP contribution in [0.4, 0.5) is 0 Å². The molecule has 2 heterocycles. The van der Waals surface area contributed by atoms with Crippen molar-refractivity contribution < 1.29 is 13.2 Å². The Bertz CT molecular complexity index is 454. The lowest BCUT2D eigenvalue weighted by Gasteiger charge is -2.32. The number of carbonyl (C=O) groups is 1. The Morgan fingerprint density at radius 3 is 2.73 bits per heavy atom. The van der Waals surface area contributed by atoms with Crippen LogP contribution < -0.4 is 15.4 Å². The van der Waals surface area contributed by atoms with Crippen LogP contribution in [0.2, 0.25) is 0 Å². The van der Waals surface area contributed by atoms with E-state index in [9.17, 15) is 13.2 Å². The van der Waals surface area contributed by atoms with E-state index in [0.717, 1.165) is 32.2 Å². The molecule has 2 aliphatic heterocycles. The summed E-state index contributed by atoms with van der Waals surface area (Å²) in [6, 6.07) is -0.0739. The van der Waals surface area contributed by atoms with Gasteiger partial charge in [-0.3, -0.25) is 4.79 Å². The van der Waals surface area contributed by atoms with Crippen LogP contribution in [0.3, 0.4) is 0 Å². The van der Waals surface area contributed by atoms with E-state index in [1.54, 1.807) is 6.92 Å². The van der Waals surface area contributed by atoms with Crippen molar-refractivity contribution in [2.24, 2.45) is 5.92 Å². The summed E-state index contributed by atoms with van der Waals surface area (Å²) in [5, 5.41) is 6.12. The second-order valence-electron chi connectivity index (χ2n) is 5.76. The highest BCUT2D eigenvalue weighted by atomic mass is 35.5. The third-order valence-corrected chi connectivity index (χ3v) is 5.76. The Morgan fingerprint density at radius 1 is 1.32 bits per heavy atom. The van der Waals surface area contributed by atoms with Crippen LogP contribution in [0.15, 0.2) is 0 Å². The number of nitrogens with zero attached hydrogens (tertiary/aromatic N) is 1. The van der Waals surface area contributed by atoms with Crippen molar-refractivity contribution in [3.63, 3.8) is 0 Å². The molecule has 2 unspecified atom stereocenters. The minimum absolute atomic E-state index is 0. The molecule has 2 fully saturated rings.